The van der Waals surface area contributed by atoms with Gasteiger partial charge in [0.1, 0.15) is 0 Å². The summed E-state index contributed by atoms with van der Waals surface area (Å²) in [6, 6.07) is 1.78. The molecule has 1 unspecified atom stereocenters. The van der Waals surface area contributed by atoms with Crippen molar-refractivity contribution in [3.63, 3.8) is 0 Å². The highest BCUT2D eigenvalue weighted by molar-refractivity contribution is 5.19. The standard InChI is InChI=1S/C14H10F13NO/c1-8(29,7-3-2-4-28-5-7)6-9(15,16)10(17,18)11(19,20)12(21,22)13(23,24)14(25,26)27/h2-5,29H,6H2,1H3. The lowest BCUT2D eigenvalue weighted by molar-refractivity contribution is -0.441. The highest BCUT2D eigenvalue weighted by Gasteiger charge is 2.90. The summed E-state index contributed by atoms with van der Waals surface area (Å²) >= 11 is 0. The van der Waals surface area contributed by atoms with Crippen LogP contribution in [0.4, 0.5) is 57.1 Å². The van der Waals surface area contributed by atoms with Gasteiger partial charge in [-0.05, 0) is 13.0 Å². The molecule has 0 bridgehead atoms. The zero-order valence-corrected chi connectivity index (χ0v) is 13.8. The van der Waals surface area contributed by atoms with Crippen molar-refractivity contribution in [2.24, 2.45) is 0 Å². The van der Waals surface area contributed by atoms with Crippen molar-refractivity contribution in [1.29, 1.82) is 0 Å². The van der Waals surface area contributed by atoms with E-state index in [1.165, 1.54) is 0 Å². The minimum Gasteiger partial charge on any atom is -0.385 e. The number of rotatable bonds is 7. The molecule has 0 aromatic carbocycles. The summed E-state index contributed by atoms with van der Waals surface area (Å²) in [5, 5.41) is 9.83. The maximum atomic E-state index is 13.8. The zero-order chi connectivity index (χ0) is 23.3. The molecule has 1 atom stereocenters. The van der Waals surface area contributed by atoms with E-state index < -0.39 is 53.4 Å². The number of halogens is 13. The average molecular weight is 455 g/mol. The molecule has 0 amide bonds. The van der Waals surface area contributed by atoms with Crippen LogP contribution in [0.15, 0.2) is 24.5 Å². The first-order valence-electron chi connectivity index (χ1n) is 7.15. The van der Waals surface area contributed by atoms with Gasteiger partial charge in [0, 0.05) is 18.0 Å². The fourth-order valence-electron chi connectivity index (χ4n) is 2.13. The van der Waals surface area contributed by atoms with Crippen LogP contribution in [0.1, 0.15) is 18.9 Å². The topological polar surface area (TPSA) is 33.1 Å². The summed E-state index contributed by atoms with van der Waals surface area (Å²) in [7, 11) is 0. The third-order valence-electron chi connectivity index (χ3n) is 3.85. The molecule has 0 radical (unpaired) electrons. The van der Waals surface area contributed by atoms with Gasteiger partial charge in [0.15, 0.2) is 0 Å². The smallest absolute Gasteiger partial charge is 0.385 e. The van der Waals surface area contributed by atoms with E-state index in [0.717, 1.165) is 18.3 Å². The largest absolute Gasteiger partial charge is 0.460 e. The van der Waals surface area contributed by atoms with E-state index in [2.05, 4.69) is 4.98 Å². The van der Waals surface area contributed by atoms with Crippen LogP contribution in [0.3, 0.4) is 0 Å². The number of hydrogen-bond donors (Lipinski definition) is 1. The molecular formula is C14H10F13NO. The molecule has 15 heteroatoms. The predicted molar refractivity (Wildman–Crippen MR) is 69.2 cm³/mol. The second kappa shape index (κ2) is 6.87. The van der Waals surface area contributed by atoms with Crippen LogP contribution in [0.5, 0.6) is 0 Å². The molecule has 29 heavy (non-hydrogen) atoms. The van der Waals surface area contributed by atoms with Gasteiger partial charge in [-0.3, -0.25) is 4.98 Å². The predicted octanol–water partition coefficient (Wildman–Crippen LogP) is 5.42. The van der Waals surface area contributed by atoms with Crippen molar-refractivity contribution in [1.82, 2.24) is 4.98 Å². The summed E-state index contributed by atoms with van der Waals surface area (Å²) in [5.74, 6) is -37.4. The third-order valence-corrected chi connectivity index (χ3v) is 3.85. The highest BCUT2D eigenvalue weighted by Crippen LogP contribution is 2.61. The molecule has 0 saturated carbocycles. The lowest BCUT2D eigenvalue weighted by Crippen LogP contribution is -2.70. The molecule has 0 spiro atoms. The van der Waals surface area contributed by atoms with Gasteiger partial charge in [0.2, 0.25) is 0 Å². The number of aliphatic hydroxyl groups is 1. The number of hydrogen-bond acceptors (Lipinski definition) is 2. The van der Waals surface area contributed by atoms with E-state index in [9.17, 15) is 62.2 Å². The average Bonchev–Trinajstić information content (AvgIpc) is 2.53. The monoisotopic (exact) mass is 455 g/mol. The number of pyridine rings is 1. The van der Waals surface area contributed by atoms with Crippen molar-refractivity contribution in [3.8, 4) is 0 Å². The number of alkyl halides is 13. The van der Waals surface area contributed by atoms with Crippen molar-refractivity contribution >= 4 is 0 Å². The first-order valence-corrected chi connectivity index (χ1v) is 7.15. The van der Waals surface area contributed by atoms with E-state index in [-0.39, 0.29) is 0 Å². The Morgan fingerprint density at radius 2 is 1.21 bits per heavy atom. The number of nitrogens with zero attached hydrogens (tertiary/aromatic N) is 1. The Bertz CT molecular complexity index is 712. The number of aromatic nitrogens is 1. The Labute approximate surface area is 153 Å². The van der Waals surface area contributed by atoms with E-state index in [0.29, 0.717) is 13.1 Å². The first-order chi connectivity index (χ1) is 12.6. The van der Waals surface area contributed by atoms with Crippen LogP contribution in [0.25, 0.3) is 0 Å². The fourth-order valence-corrected chi connectivity index (χ4v) is 2.13. The van der Waals surface area contributed by atoms with Crippen LogP contribution in [-0.4, -0.2) is 45.9 Å². The summed E-state index contributed by atoms with van der Waals surface area (Å²) in [4.78, 5) is 3.31. The zero-order valence-electron chi connectivity index (χ0n) is 13.8. The minimum atomic E-state index is -7.97. The van der Waals surface area contributed by atoms with E-state index >= 15 is 0 Å². The van der Waals surface area contributed by atoms with Crippen LogP contribution in [0.2, 0.25) is 0 Å². The van der Waals surface area contributed by atoms with Crippen molar-refractivity contribution < 1.29 is 62.2 Å². The lowest BCUT2D eigenvalue weighted by Gasteiger charge is -2.41. The fraction of sp³-hybridized carbons (Fsp3) is 0.643. The lowest BCUT2D eigenvalue weighted by atomic mass is 9.85. The normalized spacial score (nSPS) is 17.2. The van der Waals surface area contributed by atoms with Gasteiger partial charge in [-0.25, -0.2) is 0 Å². The molecule has 1 aromatic rings. The molecule has 0 saturated heterocycles. The minimum absolute atomic E-state index is 0.356. The highest BCUT2D eigenvalue weighted by atomic mass is 19.4. The maximum absolute atomic E-state index is 13.8. The van der Waals surface area contributed by atoms with Gasteiger partial charge >= 0.3 is 35.8 Å². The molecule has 1 heterocycles. The summed E-state index contributed by atoms with van der Waals surface area (Å²) in [5.41, 5.74) is -3.83. The Kier molecular flexibility index (Phi) is 5.98. The molecule has 1 N–H and O–H groups in total. The Morgan fingerprint density at radius 3 is 1.59 bits per heavy atom. The van der Waals surface area contributed by atoms with E-state index in [1.807, 2.05) is 0 Å². The summed E-state index contributed by atoms with van der Waals surface area (Å²) < 4.78 is 170. The molecule has 1 aromatic heterocycles. The molecule has 0 aliphatic heterocycles. The van der Waals surface area contributed by atoms with Gasteiger partial charge in [-0.1, -0.05) is 6.07 Å². The molecular weight excluding hydrogens is 445 g/mol. The van der Waals surface area contributed by atoms with Gasteiger partial charge < -0.3 is 5.11 Å². The SMILES string of the molecule is CC(O)(CC(F)(F)C(F)(F)C(F)(F)C(F)(F)C(F)(F)C(F)(F)F)c1cccnc1. The molecule has 0 aliphatic rings. The second-order valence-corrected chi connectivity index (χ2v) is 6.19. The molecule has 1 rings (SSSR count). The third kappa shape index (κ3) is 3.84. The van der Waals surface area contributed by atoms with Crippen LogP contribution >= 0.6 is 0 Å². The molecule has 168 valence electrons. The van der Waals surface area contributed by atoms with Crippen molar-refractivity contribution in [2.45, 2.75) is 54.7 Å². The molecule has 0 fully saturated rings. The van der Waals surface area contributed by atoms with Gasteiger partial charge in [0.05, 0.1) is 12.0 Å². The Morgan fingerprint density at radius 1 is 0.759 bits per heavy atom. The summed E-state index contributed by atoms with van der Waals surface area (Å²) in [6.07, 6.45) is -8.59. The van der Waals surface area contributed by atoms with Crippen molar-refractivity contribution in [2.75, 3.05) is 0 Å². The van der Waals surface area contributed by atoms with Crippen LogP contribution in [0, 0.1) is 0 Å². The van der Waals surface area contributed by atoms with Gasteiger partial charge in [-0.2, -0.15) is 57.1 Å². The van der Waals surface area contributed by atoms with E-state index in [4.69, 9.17) is 0 Å². The van der Waals surface area contributed by atoms with Gasteiger partial charge in [-0.15, -0.1) is 0 Å². The molecule has 0 aliphatic carbocycles. The van der Waals surface area contributed by atoms with Crippen molar-refractivity contribution in [3.05, 3.63) is 30.1 Å². The van der Waals surface area contributed by atoms with E-state index in [1.54, 1.807) is 0 Å². The second-order valence-electron chi connectivity index (χ2n) is 6.19. The maximum Gasteiger partial charge on any atom is 0.460 e. The van der Waals surface area contributed by atoms with Gasteiger partial charge in [0.25, 0.3) is 0 Å². The van der Waals surface area contributed by atoms with Crippen LogP contribution < -0.4 is 0 Å². The quantitative estimate of drug-likeness (QED) is 0.558. The Balaban J connectivity index is 3.43. The summed E-state index contributed by atoms with van der Waals surface area (Å²) in [6.45, 7) is 0.356. The Hall–Kier alpha value is -1.80. The first kappa shape index (κ1) is 25.2. The van der Waals surface area contributed by atoms with Crippen LogP contribution in [-0.2, 0) is 5.60 Å². The molecule has 2 nitrogen and oxygen atoms in total.